The molecule has 0 saturated carbocycles. The van der Waals surface area contributed by atoms with E-state index in [1.807, 2.05) is 37.0 Å². The fourth-order valence-electron chi connectivity index (χ4n) is 1.23. The SMILES string of the molecule is CNC(C)CCSc1ccccc1OC. The van der Waals surface area contributed by atoms with Gasteiger partial charge in [-0.3, -0.25) is 0 Å². The second kappa shape index (κ2) is 6.75. The van der Waals surface area contributed by atoms with Gasteiger partial charge in [-0.05, 0) is 38.3 Å². The summed E-state index contributed by atoms with van der Waals surface area (Å²) in [5, 5.41) is 3.24. The number of rotatable bonds is 6. The molecule has 2 nitrogen and oxygen atoms in total. The monoisotopic (exact) mass is 225 g/mol. The zero-order valence-corrected chi connectivity index (χ0v) is 10.4. The lowest BCUT2D eigenvalue weighted by molar-refractivity contribution is 0.405. The summed E-state index contributed by atoms with van der Waals surface area (Å²) in [5.74, 6) is 2.09. The summed E-state index contributed by atoms with van der Waals surface area (Å²) in [7, 11) is 3.72. The Hall–Kier alpha value is -0.670. The molecule has 0 saturated heterocycles. The highest BCUT2D eigenvalue weighted by molar-refractivity contribution is 7.99. The van der Waals surface area contributed by atoms with Crippen LogP contribution in [0.1, 0.15) is 13.3 Å². The predicted molar refractivity (Wildman–Crippen MR) is 66.9 cm³/mol. The first-order valence-corrected chi connectivity index (χ1v) is 6.19. The quantitative estimate of drug-likeness (QED) is 0.752. The molecule has 0 aliphatic heterocycles. The topological polar surface area (TPSA) is 21.3 Å². The van der Waals surface area contributed by atoms with Crippen molar-refractivity contribution in [2.45, 2.75) is 24.3 Å². The molecule has 84 valence electrons. The molecule has 0 fully saturated rings. The highest BCUT2D eigenvalue weighted by atomic mass is 32.2. The molecule has 1 atom stereocenters. The molecule has 0 radical (unpaired) electrons. The van der Waals surface area contributed by atoms with Crippen LogP contribution in [-0.2, 0) is 0 Å². The fraction of sp³-hybridized carbons (Fsp3) is 0.500. The van der Waals surface area contributed by atoms with Gasteiger partial charge in [0.15, 0.2) is 0 Å². The standard InChI is InChI=1S/C12H19NOS/c1-10(13-2)8-9-15-12-7-5-4-6-11(12)14-3/h4-7,10,13H,8-9H2,1-3H3. The predicted octanol–water partition coefficient (Wildman–Crippen LogP) is 2.79. The maximum atomic E-state index is 5.29. The first-order valence-electron chi connectivity index (χ1n) is 5.21. The number of nitrogens with one attached hydrogen (secondary N) is 1. The van der Waals surface area contributed by atoms with Gasteiger partial charge in [-0.1, -0.05) is 12.1 Å². The molecule has 0 amide bonds. The van der Waals surface area contributed by atoms with Crippen LogP contribution in [0.5, 0.6) is 5.75 Å². The molecule has 1 rings (SSSR count). The van der Waals surface area contributed by atoms with E-state index in [9.17, 15) is 0 Å². The van der Waals surface area contributed by atoms with Gasteiger partial charge < -0.3 is 10.1 Å². The van der Waals surface area contributed by atoms with Gasteiger partial charge in [0.1, 0.15) is 5.75 Å². The Kier molecular flexibility index (Phi) is 5.58. The normalized spacial score (nSPS) is 12.5. The number of methoxy groups -OCH3 is 1. The van der Waals surface area contributed by atoms with E-state index < -0.39 is 0 Å². The fourth-order valence-corrected chi connectivity index (χ4v) is 2.39. The van der Waals surface area contributed by atoms with Crippen LogP contribution in [-0.4, -0.2) is 26.0 Å². The van der Waals surface area contributed by atoms with Crippen LogP contribution in [0.25, 0.3) is 0 Å². The molecule has 1 aromatic carbocycles. The summed E-state index contributed by atoms with van der Waals surface area (Å²) in [6.07, 6.45) is 1.17. The minimum atomic E-state index is 0.576. The Labute approximate surface area is 96.4 Å². The molecular weight excluding hydrogens is 206 g/mol. The Balaban J connectivity index is 2.43. The lowest BCUT2D eigenvalue weighted by atomic mass is 10.3. The maximum Gasteiger partial charge on any atom is 0.132 e. The maximum absolute atomic E-state index is 5.29. The van der Waals surface area contributed by atoms with Crippen LogP contribution < -0.4 is 10.1 Å². The van der Waals surface area contributed by atoms with Crippen LogP contribution in [0.3, 0.4) is 0 Å². The molecule has 1 N–H and O–H groups in total. The molecule has 0 aliphatic rings. The molecule has 1 aromatic rings. The van der Waals surface area contributed by atoms with Crippen LogP contribution in [0, 0.1) is 0 Å². The number of ether oxygens (including phenoxy) is 1. The summed E-state index contributed by atoms with van der Waals surface area (Å²) < 4.78 is 5.29. The number of para-hydroxylation sites is 1. The molecule has 0 aliphatic carbocycles. The molecule has 0 spiro atoms. The highest BCUT2D eigenvalue weighted by Crippen LogP contribution is 2.29. The van der Waals surface area contributed by atoms with Crippen molar-refractivity contribution >= 4 is 11.8 Å². The zero-order valence-electron chi connectivity index (χ0n) is 9.62. The lowest BCUT2D eigenvalue weighted by Gasteiger charge is -2.10. The second-order valence-corrected chi connectivity index (χ2v) is 4.61. The third-order valence-electron chi connectivity index (χ3n) is 2.37. The summed E-state index contributed by atoms with van der Waals surface area (Å²) >= 11 is 1.85. The lowest BCUT2D eigenvalue weighted by Crippen LogP contribution is -2.21. The minimum absolute atomic E-state index is 0.576. The van der Waals surface area contributed by atoms with E-state index in [2.05, 4.69) is 18.3 Å². The second-order valence-electron chi connectivity index (χ2n) is 3.48. The Morgan fingerprint density at radius 3 is 2.80 bits per heavy atom. The number of benzene rings is 1. The van der Waals surface area contributed by atoms with E-state index in [0.29, 0.717) is 6.04 Å². The molecule has 0 aromatic heterocycles. The van der Waals surface area contributed by atoms with Crippen molar-refractivity contribution in [3.8, 4) is 5.75 Å². The molecule has 1 unspecified atom stereocenters. The van der Waals surface area contributed by atoms with Crippen molar-refractivity contribution < 1.29 is 4.74 Å². The van der Waals surface area contributed by atoms with Gasteiger partial charge in [-0.2, -0.15) is 0 Å². The van der Waals surface area contributed by atoms with E-state index in [0.717, 1.165) is 11.5 Å². The molecule has 3 heteroatoms. The van der Waals surface area contributed by atoms with Crippen LogP contribution in [0.4, 0.5) is 0 Å². The molecule has 15 heavy (non-hydrogen) atoms. The number of thioether (sulfide) groups is 1. The summed E-state index contributed by atoms with van der Waals surface area (Å²) in [4.78, 5) is 1.23. The van der Waals surface area contributed by atoms with E-state index in [1.54, 1.807) is 7.11 Å². The van der Waals surface area contributed by atoms with Gasteiger partial charge in [0.2, 0.25) is 0 Å². The van der Waals surface area contributed by atoms with Gasteiger partial charge in [0.25, 0.3) is 0 Å². The summed E-state index contributed by atoms with van der Waals surface area (Å²) in [5.41, 5.74) is 0. The van der Waals surface area contributed by atoms with E-state index >= 15 is 0 Å². The third kappa shape index (κ3) is 4.14. The van der Waals surface area contributed by atoms with Crippen LogP contribution in [0.2, 0.25) is 0 Å². The summed E-state index contributed by atoms with van der Waals surface area (Å²) in [6.45, 7) is 2.20. The van der Waals surface area contributed by atoms with Gasteiger partial charge in [-0.15, -0.1) is 11.8 Å². The first-order chi connectivity index (χ1) is 7.27. The van der Waals surface area contributed by atoms with Gasteiger partial charge >= 0.3 is 0 Å². The number of hydrogen-bond donors (Lipinski definition) is 1. The van der Waals surface area contributed by atoms with E-state index in [4.69, 9.17) is 4.74 Å². The Bertz CT molecular complexity index is 291. The van der Waals surface area contributed by atoms with Gasteiger partial charge in [-0.25, -0.2) is 0 Å². The smallest absolute Gasteiger partial charge is 0.132 e. The highest BCUT2D eigenvalue weighted by Gasteiger charge is 2.03. The number of hydrogen-bond acceptors (Lipinski definition) is 3. The third-order valence-corrected chi connectivity index (χ3v) is 3.46. The average Bonchev–Trinajstić information content (AvgIpc) is 2.29. The van der Waals surface area contributed by atoms with Crippen molar-refractivity contribution in [3.63, 3.8) is 0 Å². The van der Waals surface area contributed by atoms with Gasteiger partial charge in [0.05, 0.1) is 7.11 Å². The van der Waals surface area contributed by atoms with Gasteiger partial charge in [0, 0.05) is 10.9 Å². The van der Waals surface area contributed by atoms with Crippen molar-refractivity contribution in [2.75, 3.05) is 19.9 Å². The van der Waals surface area contributed by atoms with Crippen molar-refractivity contribution in [1.82, 2.24) is 5.32 Å². The Morgan fingerprint density at radius 2 is 2.13 bits per heavy atom. The van der Waals surface area contributed by atoms with Crippen LogP contribution >= 0.6 is 11.8 Å². The van der Waals surface area contributed by atoms with E-state index in [-0.39, 0.29) is 0 Å². The minimum Gasteiger partial charge on any atom is -0.496 e. The molecule has 0 bridgehead atoms. The molecular formula is C12H19NOS. The van der Waals surface area contributed by atoms with Crippen molar-refractivity contribution in [2.24, 2.45) is 0 Å². The Morgan fingerprint density at radius 1 is 1.40 bits per heavy atom. The molecule has 0 heterocycles. The summed E-state index contributed by atoms with van der Waals surface area (Å²) in [6, 6.07) is 8.73. The largest absolute Gasteiger partial charge is 0.496 e. The zero-order chi connectivity index (χ0) is 11.1. The van der Waals surface area contributed by atoms with Crippen molar-refractivity contribution in [3.05, 3.63) is 24.3 Å². The van der Waals surface area contributed by atoms with Crippen LogP contribution in [0.15, 0.2) is 29.2 Å². The average molecular weight is 225 g/mol. The van der Waals surface area contributed by atoms with Crippen molar-refractivity contribution in [1.29, 1.82) is 0 Å². The first kappa shape index (κ1) is 12.4. The van der Waals surface area contributed by atoms with E-state index in [1.165, 1.54) is 11.3 Å².